The summed E-state index contributed by atoms with van der Waals surface area (Å²) in [6, 6.07) is 5.43. The summed E-state index contributed by atoms with van der Waals surface area (Å²) in [4.78, 5) is 16.0. The Hall–Kier alpha value is -2.41. The molecule has 2 aromatic rings. The van der Waals surface area contributed by atoms with Gasteiger partial charge in [0.25, 0.3) is 0 Å². The largest absolute Gasteiger partial charge is 0.493 e. The molecular weight excluding hydrogens is 302 g/mol. The number of hydrazone groups is 1. The second-order valence-electron chi connectivity index (χ2n) is 4.44. The van der Waals surface area contributed by atoms with Crippen molar-refractivity contribution in [1.82, 2.24) is 10.4 Å². The Labute approximate surface area is 132 Å². The minimum Gasteiger partial charge on any atom is -0.493 e. The molecule has 0 fully saturated rings. The lowest BCUT2D eigenvalue weighted by Crippen LogP contribution is -2.19. The van der Waals surface area contributed by atoms with E-state index >= 15 is 0 Å². The molecule has 0 saturated carbocycles. The number of nitrogens with one attached hydrogen (secondary N) is 1. The molecule has 22 heavy (non-hydrogen) atoms. The third-order valence-electron chi connectivity index (χ3n) is 2.80. The van der Waals surface area contributed by atoms with E-state index in [0.717, 1.165) is 10.7 Å². The highest BCUT2D eigenvalue weighted by molar-refractivity contribution is 7.09. The van der Waals surface area contributed by atoms with Gasteiger partial charge in [-0.15, -0.1) is 11.3 Å². The van der Waals surface area contributed by atoms with Gasteiger partial charge in [0.15, 0.2) is 11.5 Å². The van der Waals surface area contributed by atoms with Crippen molar-refractivity contribution in [3.8, 4) is 11.5 Å². The van der Waals surface area contributed by atoms with Crippen LogP contribution in [0, 0.1) is 6.92 Å². The van der Waals surface area contributed by atoms with E-state index in [4.69, 9.17) is 9.47 Å². The number of nitrogens with zero attached hydrogens (tertiary/aromatic N) is 2. The van der Waals surface area contributed by atoms with Crippen molar-refractivity contribution < 1.29 is 14.3 Å². The minimum atomic E-state index is -0.215. The number of para-hydroxylation sites is 1. The molecule has 0 bridgehead atoms. The second kappa shape index (κ2) is 7.56. The summed E-state index contributed by atoms with van der Waals surface area (Å²) in [5.41, 5.74) is 4.11. The normalized spacial score (nSPS) is 10.7. The Morgan fingerprint density at radius 3 is 2.86 bits per heavy atom. The molecule has 1 aromatic carbocycles. The zero-order valence-corrected chi connectivity index (χ0v) is 13.4. The minimum absolute atomic E-state index is 0.213. The van der Waals surface area contributed by atoms with Gasteiger partial charge in [0.2, 0.25) is 5.91 Å². The standard InChI is InChI=1S/C15H17N3O3S/c1-10-9-22-14(17-10)7-13(19)18-16-8-11-5-4-6-12(20-2)15(11)21-3/h4-6,8-9H,7H2,1-3H3,(H,18,19)/b16-8-. The molecule has 0 aliphatic heterocycles. The first-order valence-electron chi connectivity index (χ1n) is 6.58. The summed E-state index contributed by atoms with van der Waals surface area (Å²) >= 11 is 1.46. The van der Waals surface area contributed by atoms with E-state index in [1.165, 1.54) is 17.6 Å². The lowest BCUT2D eigenvalue weighted by molar-refractivity contribution is -0.120. The number of hydrogen-bond acceptors (Lipinski definition) is 6. The van der Waals surface area contributed by atoms with Crippen molar-refractivity contribution in [2.24, 2.45) is 5.10 Å². The van der Waals surface area contributed by atoms with E-state index in [1.54, 1.807) is 20.3 Å². The van der Waals surface area contributed by atoms with Crippen LogP contribution in [0.15, 0.2) is 28.7 Å². The number of amides is 1. The van der Waals surface area contributed by atoms with Gasteiger partial charge in [-0.3, -0.25) is 4.79 Å². The Morgan fingerprint density at radius 1 is 1.41 bits per heavy atom. The van der Waals surface area contributed by atoms with Gasteiger partial charge in [-0.1, -0.05) is 6.07 Å². The van der Waals surface area contributed by atoms with Gasteiger partial charge in [0.1, 0.15) is 5.01 Å². The number of benzene rings is 1. The average Bonchev–Trinajstić information content (AvgIpc) is 2.91. The molecule has 0 unspecified atom stereocenters. The fourth-order valence-corrected chi connectivity index (χ4v) is 2.62. The number of methoxy groups -OCH3 is 2. The Bertz CT molecular complexity index is 682. The maximum Gasteiger partial charge on any atom is 0.246 e. The van der Waals surface area contributed by atoms with Crippen LogP contribution in [-0.2, 0) is 11.2 Å². The van der Waals surface area contributed by atoms with Crippen LogP contribution in [0.5, 0.6) is 11.5 Å². The monoisotopic (exact) mass is 319 g/mol. The fourth-order valence-electron chi connectivity index (χ4n) is 1.85. The highest BCUT2D eigenvalue weighted by Gasteiger charge is 2.08. The maximum absolute atomic E-state index is 11.8. The van der Waals surface area contributed by atoms with Crippen molar-refractivity contribution in [3.05, 3.63) is 39.8 Å². The first-order valence-corrected chi connectivity index (χ1v) is 7.46. The lowest BCUT2D eigenvalue weighted by Gasteiger charge is -2.09. The summed E-state index contributed by atoms with van der Waals surface area (Å²) < 4.78 is 10.5. The molecule has 1 aromatic heterocycles. The molecule has 1 amide bonds. The molecule has 0 atom stereocenters. The molecule has 0 radical (unpaired) electrons. The van der Waals surface area contributed by atoms with E-state index in [2.05, 4.69) is 15.5 Å². The van der Waals surface area contributed by atoms with Crippen LogP contribution in [0.2, 0.25) is 0 Å². The zero-order chi connectivity index (χ0) is 15.9. The Kier molecular flexibility index (Phi) is 5.48. The number of ether oxygens (including phenoxy) is 2. The molecular formula is C15H17N3O3S. The lowest BCUT2D eigenvalue weighted by atomic mass is 10.2. The molecule has 116 valence electrons. The average molecular weight is 319 g/mol. The van der Waals surface area contributed by atoms with Crippen molar-refractivity contribution in [1.29, 1.82) is 0 Å². The molecule has 0 spiro atoms. The van der Waals surface area contributed by atoms with Gasteiger partial charge >= 0.3 is 0 Å². The third-order valence-corrected chi connectivity index (χ3v) is 3.77. The molecule has 0 aliphatic carbocycles. The van der Waals surface area contributed by atoms with Crippen LogP contribution in [0.25, 0.3) is 0 Å². The Balaban J connectivity index is 1.99. The van der Waals surface area contributed by atoms with Crippen LogP contribution in [0.3, 0.4) is 0 Å². The number of rotatable bonds is 6. The van der Waals surface area contributed by atoms with Gasteiger partial charge in [-0.25, -0.2) is 10.4 Å². The molecule has 0 saturated heterocycles. The van der Waals surface area contributed by atoms with E-state index in [9.17, 15) is 4.79 Å². The van der Waals surface area contributed by atoms with Crippen LogP contribution in [0.1, 0.15) is 16.3 Å². The van der Waals surface area contributed by atoms with E-state index in [1.807, 2.05) is 24.4 Å². The topological polar surface area (TPSA) is 72.8 Å². The van der Waals surface area contributed by atoms with Gasteiger partial charge < -0.3 is 9.47 Å². The first-order chi connectivity index (χ1) is 10.6. The SMILES string of the molecule is COc1cccc(/C=N\NC(=O)Cc2nc(C)cs2)c1OC. The van der Waals surface area contributed by atoms with Gasteiger partial charge in [-0.05, 0) is 19.1 Å². The van der Waals surface area contributed by atoms with Crippen LogP contribution < -0.4 is 14.9 Å². The first kappa shape index (κ1) is 16.0. The predicted molar refractivity (Wildman–Crippen MR) is 85.8 cm³/mol. The number of thiazole rings is 1. The van der Waals surface area contributed by atoms with Crippen LogP contribution in [-0.4, -0.2) is 31.3 Å². The molecule has 2 rings (SSSR count). The van der Waals surface area contributed by atoms with Crippen molar-refractivity contribution >= 4 is 23.5 Å². The van der Waals surface area contributed by atoms with Crippen LogP contribution >= 0.6 is 11.3 Å². The van der Waals surface area contributed by atoms with Gasteiger partial charge in [-0.2, -0.15) is 5.10 Å². The summed E-state index contributed by atoms with van der Waals surface area (Å²) in [5.74, 6) is 0.960. The molecule has 6 nitrogen and oxygen atoms in total. The molecule has 1 heterocycles. The predicted octanol–water partition coefficient (Wildman–Crippen LogP) is 2.16. The molecule has 0 aliphatic rings. The maximum atomic E-state index is 11.8. The zero-order valence-electron chi connectivity index (χ0n) is 12.6. The quantitative estimate of drug-likeness (QED) is 0.654. The van der Waals surface area contributed by atoms with E-state index < -0.39 is 0 Å². The Morgan fingerprint density at radius 2 is 2.23 bits per heavy atom. The summed E-state index contributed by atoms with van der Waals surface area (Å²) in [5, 5.41) is 6.62. The highest BCUT2D eigenvalue weighted by Crippen LogP contribution is 2.29. The van der Waals surface area contributed by atoms with Crippen molar-refractivity contribution in [2.75, 3.05) is 14.2 Å². The fraction of sp³-hybridized carbons (Fsp3) is 0.267. The summed E-state index contributed by atoms with van der Waals surface area (Å²) in [6.45, 7) is 1.89. The summed E-state index contributed by atoms with van der Waals surface area (Å²) in [7, 11) is 3.12. The smallest absolute Gasteiger partial charge is 0.246 e. The number of carbonyl (C=O) groups is 1. The highest BCUT2D eigenvalue weighted by atomic mass is 32.1. The van der Waals surface area contributed by atoms with Crippen molar-refractivity contribution in [3.63, 3.8) is 0 Å². The molecule has 1 N–H and O–H groups in total. The number of carbonyl (C=O) groups excluding carboxylic acids is 1. The van der Waals surface area contributed by atoms with Crippen molar-refractivity contribution in [2.45, 2.75) is 13.3 Å². The van der Waals surface area contributed by atoms with Gasteiger partial charge in [0.05, 0.1) is 26.9 Å². The third kappa shape index (κ3) is 4.05. The number of aromatic nitrogens is 1. The summed E-state index contributed by atoms with van der Waals surface area (Å²) in [6.07, 6.45) is 1.73. The van der Waals surface area contributed by atoms with E-state index in [0.29, 0.717) is 17.1 Å². The van der Waals surface area contributed by atoms with E-state index in [-0.39, 0.29) is 12.3 Å². The number of hydrogen-bond donors (Lipinski definition) is 1. The molecule has 7 heteroatoms. The number of aryl methyl sites for hydroxylation is 1. The second-order valence-corrected chi connectivity index (χ2v) is 5.38. The van der Waals surface area contributed by atoms with Crippen LogP contribution in [0.4, 0.5) is 0 Å². The van der Waals surface area contributed by atoms with Gasteiger partial charge in [0, 0.05) is 16.6 Å².